The largest absolute Gasteiger partial charge is 0.483 e. The predicted octanol–water partition coefficient (Wildman–Crippen LogP) is 2.50. The van der Waals surface area contributed by atoms with Crippen LogP contribution in [0.1, 0.15) is 6.42 Å². The van der Waals surface area contributed by atoms with Crippen molar-refractivity contribution in [3.8, 4) is 5.75 Å². The number of halogens is 2. The molecule has 0 spiro atoms. The van der Waals surface area contributed by atoms with Crippen LogP contribution in [0, 0.1) is 0 Å². The fourth-order valence-corrected chi connectivity index (χ4v) is 2.12. The summed E-state index contributed by atoms with van der Waals surface area (Å²) in [7, 11) is 2.91. The molecule has 0 aliphatic heterocycles. The van der Waals surface area contributed by atoms with Crippen LogP contribution in [0.15, 0.2) is 22.7 Å². The number of hydrogen-bond acceptors (Lipinski definition) is 4. The second kappa shape index (κ2) is 8.11. The van der Waals surface area contributed by atoms with E-state index in [2.05, 4.69) is 20.7 Å². The first-order valence-corrected chi connectivity index (χ1v) is 6.99. The molecule has 0 heterocycles. The number of carbonyl (C=O) groups excluding carboxylic acids is 2. The van der Waals surface area contributed by atoms with Gasteiger partial charge in [-0.15, -0.1) is 0 Å². The van der Waals surface area contributed by atoms with E-state index in [-0.39, 0.29) is 31.4 Å². The van der Waals surface area contributed by atoms with Crippen LogP contribution in [0.2, 0.25) is 5.02 Å². The number of ether oxygens (including phenoxy) is 2. The zero-order valence-corrected chi connectivity index (χ0v) is 13.5. The van der Waals surface area contributed by atoms with Gasteiger partial charge in [-0.05, 0) is 34.1 Å². The van der Waals surface area contributed by atoms with E-state index in [0.29, 0.717) is 15.2 Å². The van der Waals surface area contributed by atoms with Crippen LogP contribution in [-0.4, -0.2) is 44.1 Å². The maximum Gasteiger partial charge on any atom is 0.307 e. The van der Waals surface area contributed by atoms with Gasteiger partial charge < -0.3 is 14.4 Å². The maximum atomic E-state index is 11.8. The van der Waals surface area contributed by atoms with Crippen molar-refractivity contribution < 1.29 is 19.1 Å². The summed E-state index contributed by atoms with van der Waals surface area (Å²) in [5, 5.41) is 0.575. The van der Waals surface area contributed by atoms with Crippen molar-refractivity contribution in [3.05, 3.63) is 27.7 Å². The molecule has 0 atom stereocenters. The summed E-state index contributed by atoms with van der Waals surface area (Å²) in [6, 6.07) is 5.03. The van der Waals surface area contributed by atoms with E-state index in [1.54, 1.807) is 25.2 Å². The highest BCUT2D eigenvalue weighted by molar-refractivity contribution is 9.10. The molecule has 0 unspecified atom stereocenters. The Morgan fingerprint density at radius 1 is 1.40 bits per heavy atom. The lowest BCUT2D eigenvalue weighted by molar-refractivity contribution is -0.141. The molecule has 0 radical (unpaired) electrons. The summed E-state index contributed by atoms with van der Waals surface area (Å²) in [5.41, 5.74) is 0. The van der Waals surface area contributed by atoms with Crippen LogP contribution in [0.4, 0.5) is 0 Å². The monoisotopic (exact) mass is 363 g/mol. The van der Waals surface area contributed by atoms with Gasteiger partial charge in [-0.25, -0.2) is 0 Å². The first-order valence-electron chi connectivity index (χ1n) is 5.82. The lowest BCUT2D eigenvalue weighted by Crippen LogP contribution is -2.33. The van der Waals surface area contributed by atoms with Gasteiger partial charge in [0.15, 0.2) is 6.61 Å². The van der Waals surface area contributed by atoms with Crippen molar-refractivity contribution in [2.75, 3.05) is 27.3 Å². The first-order chi connectivity index (χ1) is 9.43. The molecule has 0 saturated carbocycles. The highest BCUT2D eigenvalue weighted by Gasteiger charge is 2.12. The second-order valence-corrected chi connectivity index (χ2v) is 5.30. The third-order valence-corrected chi connectivity index (χ3v) is 3.40. The maximum absolute atomic E-state index is 11.8. The number of amides is 1. The third kappa shape index (κ3) is 5.38. The molecule has 0 N–H and O–H groups in total. The molecule has 0 aliphatic carbocycles. The molecule has 0 fully saturated rings. The van der Waals surface area contributed by atoms with Crippen molar-refractivity contribution >= 4 is 39.4 Å². The summed E-state index contributed by atoms with van der Waals surface area (Å²) in [4.78, 5) is 24.2. The molecule has 20 heavy (non-hydrogen) atoms. The van der Waals surface area contributed by atoms with Gasteiger partial charge in [0.05, 0.1) is 18.0 Å². The van der Waals surface area contributed by atoms with Gasteiger partial charge in [0.2, 0.25) is 0 Å². The van der Waals surface area contributed by atoms with Crippen LogP contribution >= 0.6 is 27.5 Å². The van der Waals surface area contributed by atoms with Gasteiger partial charge in [0.25, 0.3) is 5.91 Å². The average molecular weight is 365 g/mol. The zero-order chi connectivity index (χ0) is 15.1. The summed E-state index contributed by atoms with van der Waals surface area (Å²) < 4.78 is 10.6. The number of rotatable bonds is 6. The van der Waals surface area contributed by atoms with Crippen LogP contribution in [0.5, 0.6) is 5.75 Å². The summed E-state index contributed by atoms with van der Waals surface area (Å²) in [6.07, 6.45) is 0.156. The topological polar surface area (TPSA) is 55.8 Å². The van der Waals surface area contributed by atoms with Crippen LogP contribution in [0.25, 0.3) is 0 Å². The minimum Gasteiger partial charge on any atom is -0.483 e. The lowest BCUT2D eigenvalue weighted by atomic mass is 10.3. The van der Waals surface area contributed by atoms with E-state index in [9.17, 15) is 9.59 Å². The van der Waals surface area contributed by atoms with Crippen molar-refractivity contribution in [2.24, 2.45) is 0 Å². The Hall–Kier alpha value is -1.27. The number of nitrogens with zero attached hydrogens (tertiary/aromatic N) is 1. The molecular weight excluding hydrogens is 350 g/mol. The number of hydrogen-bond donors (Lipinski definition) is 0. The third-order valence-electron chi connectivity index (χ3n) is 2.55. The minimum atomic E-state index is -0.356. The predicted molar refractivity (Wildman–Crippen MR) is 78.9 cm³/mol. The number of methoxy groups -OCH3 is 1. The molecular formula is C13H15BrClNO4. The van der Waals surface area contributed by atoms with Crippen molar-refractivity contribution in [1.29, 1.82) is 0 Å². The summed E-state index contributed by atoms with van der Waals surface area (Å²) in [5.74, 6) is -0.0501. The Morgan fingerprint density at radius 2 is 2.10 bits per heavy atom. The molecule has 0 saturated heterocycles. The van der Waals surface area contributed by atoms with Gasteiger partial charge >= 0.3 is 5.97 Å². The highest BCUT2D eigenvalue weighted by Crippen LogP contribution is 2.27. The van der Waals surface area contributed by atoms with Crippen LogP contribution in [0.3, 0.4) is 0 Å². The number of esters is 1. The van der Waals surface area contributed by atoms with Gasteiger partial charge in [0.1, 0.15) is 5.75 Å². The summed E-state index contributed by atoms with van der Waals surface area (Å²) >= 11 is 9.11. The van der Waals surface area contributed by atoms with E-state index >= 15 is 0 Å². The van der Waals surface area contributed by atoms with E-state index in [1.807, 2.05) is 0 Å². The molecule has 7 heteroatoms. The Labute approximate surface area is 130 Å². The molecule has 1 amide bonds. The van der Waals surface area contributed by atoms with Gasteiger partial charge in [-0.3, -0.25) is 9.59 Å². The number of benzene rings is 1. The molecule has 110 valence electrons. The highest BCUT2D eigenvalue weighted by atomic mass is 79.9. The molecule has 5 nitrogen and oxygen atoms in total. The molecule has 1 aromatic rings. The van der Waals surface area contributed by atoms with Crippen molar-refractivity contribution in [1.82, 2.24) is 4.90 Å². The standard InChI is InChI=1S/C13H15BrClNO4/c1-16(6-5-13(18)19-2)12(17)8-20-11-4-3-9(15)7-10(11)14/h3-4,7H,5-6,8H2,1-2H3. The molecule has 0 aliphatic rings. The van der Waals surface area contributed by atoms with Crippen molar-refractivity contribution in [3.63, 3.8) is 0 Å². The smallest absolute Gasteiger partial charge is 0.307 e. The van der Waals surface area contributed by atoms with Crippen molar-refractivity contribution in [2.45, 2.75) is 6.42 Å². The summed E-state index contributed by atoms with van der Waals surface area (Å²) in [6.45, 7) is 0.175. The fourth-order valence-electron chi connectivity index (χ4n) is 1.33. The van der Waals surface area contributed by atoms with E-state index in [4.69, 9.17) is 16.3 Å². The van der Waals surface area contributed by atoms with E-state index in [0.717, 1.165) is 0 Å². The van der Waals surface area contributed by atoms with Crippen LogP contribution < -0.4 is 4.74 Å². The Balaban J connectivity index is 2.44. The van der Waals surface area contributed by atoms with E-state index < -0.39 is 0 Å². The number of likely N-dealkylation sites (N-methyl/N-ethyl adjacent to an activating group) is 1. The first kappa shape index (κ1) is 16.8. The van der Waals surface area contributed by atoms with Gasteiger partial charge in [-0.1, -0.05) is 11.6 Å². The minimum absolute atomic E-state index is 0.113. The second-order valence-electron chi connectivity index (χ2n) is 4.00. The zero-order valence-electron chi connectivity index (χ0n) is 11.2. The Bertz CT molecular complexity index is 495. The van der Waals surface area contributed by atoms with Crippen LogP contribution in [-0.2, 0) is 14.3 Å². The lowest BCUT2D eigenvalue weighted by Gasteiger charge is -2.17. The Morgan fingerprint density at radius 3 is 2.70 bits per heavy atom. The SMILES string of the molecule is COC(=O)CCN(C)C(=O)COc1ccc(Cl)cc1Br. The Kier molecular flexibility index (Phi) is 6.81. The van der Waals surface area contributed by atoms with Gasteiger partial charge in [0, 0.05) is 18.6 Å². The number of carbonyl (C=O) groups is 2. The normalized spacial score (nSPS) is 10.0. The molecule has 0 bridgehead atoms. The average Bonchev–Trinajstić information content (AvgIpc) is 2.42. The quantitative estimate of drug-likeness (QED) is 0.728. The molecule has 1 rings (SSSR count). The molecule has 0 aromatic heterocycles. The van der Waals surface area contributed by atoms with E-state index in [1.165, 1.54) is 12.0 Å². The fraction of sp³-hybridized carbons (Fsp3) is 0.385. The van der Waals surface area contributed by atoms with Gasteiger partial charge in [-0.2, -0.15) is 0 Å². The molecule has 1 aromatic carbocycles.